The molecule has 0 atom stereocenters. The molecule has 0 aromatic heterocycles. The van der Waals surface area contributed by atoms with E-state index in [4.69, 9.17) is 4.74 Å². The van der Waals surface area contributed by atoms with Gasteiger partial charge in [-0.05, 0) is 24.6 Å². The van der Waals surface area contributed by atoms with Crippen LogP contribution >= 0.6 is 0 Å². The van der Waals surface area contributed by atoms with Crippen LogP contribution in [0, 0.1) is 0 Å². The van der Waals surface area contributed by atoms with Crippen LogP contribution in [0.25, 0.3) is 0 Å². The molecule has 0 fully saturated rings. The summed E-state index contributed by atoms with van der Waals surface area (Å²) in [4.78, 5) is 21.7. The highest BCUT2D eigenvalue weighted by Gasteiger charge is 2.02. The summed E-state index contributed by atoms with van der Waals surface area (Å²) in [6.07, 6.45) is 2.08. The second-order valence-corrected chi connectivity index (χ2v) is 3.46. The van der Waals surface area contributed by atoms with Crippen LogP contribution in [-0.2, 0) is 9.53 Å². The van der Waals surface area contributed by atoms with E-state index in [9.17, 15) is 9.59 Å². The Bertz CT molecular complexity index is 435. The Hall–Kier alpha value is -2.10. The smallest absolute Gasteiger partial charge is 0.330 e. The third-order valence-corrected chi connectivity index (χ3v) is 2.07. The molecule has 17 heavy (non-hydrogen) atoms. The summed E-state index contributed by atoms with van der Waals surface area (Å²) in [7, 11) is 1.31. The van der Waals surface area contributed by atoms with Gasteiger partial charge in [0.15, 0.2) is 6.29 Å². The molecule has 0 aliphatic carbocycles. The molecule has 90 valence electrons. The van der Waals surface area contributed by atoms with Crippen molar-refractivity contribution in [3.63, 3.8) is 0 Å². The van der Waals surface area contributed by atoms with Crippen molar-refractivity contribution in [3.8, 4) is 5.75 Å². The van der Waals surface area contributed by atoms with Gasteiger partial charge in [-0.25, -0.2) is 4.79 Å². The minimum absolute atomic E-state index is 0.236. The van der Waals surface area contributed by atoms with E-state index < -0.39 is 5.97 Å². The Labute approximate surface area is 99.8 Å². The quantitative estimate of drug-likeness (QED) is 0.444. The van der Waals surface area contributed by atoms with Gasteiger partial charge in [0.25, 0.3) is 0 Å². The first-order valence-electron chi connectivity index (χ1n) is 5.09. The number of rotatable bonds is 5. The van der Waals surface area contributed by atoms with Crippen LogP contribution in [0.5, 0.6) is 5.75 Å². The third kappa shape index (κ3) is 4.10. The van der Waals surface area contributed by atoms with Gasteiger partial charge in [-0.3, -0.25) is 4.79 Å². The van der Waals surface area contributed by atoms with Crippen molar-refractivity contribution in [2.45, 2.75) is 6.92 Å². The van der Waals surface area contributed by atoms with E-state index in [0.717, 1.165) is 11.9 Å². The summed E-state index contributed by atoms with van der Waals surface area (Å²) in [5.74, 6) is 0.0786. The number of aldehydes is 1. The Kier molecular flexibility index (Phi) is 4.94. The Morgan fingerprint density at radius 1 is 1.35 bits per heavy atom. The number of carbonyl (C=O) groups excluding carboxylic acids is 2. The van der Waals surface area contributed by atoms with Crippen LogP contribution in [0.15, 0.2) is 35.9 Å². The average Bonchev–Trinajstić information content (AvgIpc) is 2.36. The first-order valence-corrected chi connectivity index (χ1v) is 5.09. The molecule has 4 heteroatoms. The molecule has 1 rings (SSSR count). The number of ether oxygens (including phenoxy) is 2. The van der Waals surface area contributed by atoms with Gasteiger partial charge >= 0.3 is 5.97 Å². The molecule has 0 radical (unpaired) electrons. The standard InChI is InChI=1S/C13H14O4/c1-10(7-13(15)16-2)9-17-12-6-4-3-5-11(12)8-14/h3-8H,9H2,1-2H3/b10-7+. The van der Waals surface area contributed by atoms with E-state index in [1.54, 1.807) is 31.2 Å². The molecule has 0 aliphatic rings. The van der Waals surface area contributed by atoms with Crippen LogP contribution in [0.3, 0.4) is 0 Å². The first-order chi connectivity index (χ1) is 8.17. The van der Waals surface area contributed by atoms with Crippen molar-refractivity contribution in [1.29, 1.82) is 0 Å². The maximum atomic E-state index is 10.9. The fraction of sp³-hybridized carbons (Fsp3) is 0.231. The van der Waals surface area contributed by atoms with Gasteiger partial charge in [0.05, 0.1) is 12.7 Å². The predicted molar refractivity (Wildman–Crippen MR) is 63.1 cm³/mol. The van der Waals surface area contributed by atoms with Crippen LogP contribution in [0.4, 0.5) is 0 Å². The zero-order chi connectivity index (χ0) is 12.7. The van der Waals surface area contributed by atoms with Gasteiger partial charge in [0.2, 0.25) is 0 Å². The topological polar surface area (TPSA) is 52.6 Å². The van der Waals surface area contributed by atoms with Crippen molar-refractivity contribution in [2.24, 2.45) is 0 Å². The van der Waals surface area contributed by atoms with Gasteiger partial charge in [-0.2, -0.15) is 0 Å². The van der Waals surface area contributed by atoms with Crippen molar-refractivity contribution in [1.82, 2.24) is 0 Å². The molecule has 0 N–H and O–H groups in total. The number of methoxy groups -OCH3 is 1. The van der Waals surface area contributed by atoms with Gasteiger partial charge in [0.1, 0.15) is 12.4 Å². The maximum absolute atomic E-state index is 10.9. The zero-order valence-corrected chi connectivity index (χ0v) is 9.80. The molecule has 1 aromatic carbocycles. The minimum Gasteiger partial charge on any atom is -0.489 e. The predicted octanol–water partition coefficient (Wildman–Crippen LogP) is 2.00. The van der Waals surface area contributed by atoms with Crippen molar-refractivity contribution >= 4 is 12.3 Å². The van der Waals surface area contributed by atoms with Crippen LogP contribution in [0.2, 0.25) is 0 Å². The van der Waals surface area contributed by atoms with Crippen LogP contribution < -0.4 is 4.74 Å². The summed E-state index contributed by atoms with van der Waals surface area (Å²) in [6, 6.07) is 6.91. The fourth-order valence-electron chi connectivity index (χ4n) is 1.20. The van der Waals surface area contributed by atoms with Crippen molar-refractivity contribution in [3.05, 3.63) is 41.5 Å². The molecule has 1 aromatic rings. The molecule has 4 nitrogen and oxygen atoms in total. The molecular weight excluding hydrogens is 220 g/mol. The molecule has 0 saturated carbocycles. The highest BCUT2D eigenvalue weighted by Crippen LogP contribution is 2.16. The molecule has 0 spiro atoms. The monoisotopic (exact) mass is 234 g/mol. The number of para-hydroxylation sites is 1. The van der Waals surface area contributed by atoms with Gasteiger partial charge in [-0.15, -0.1) is 0 Å². The lowest BCUT2D eigenvalue weighted by Crippen LogP contribution is -2.04. The number of esters is 1. The van der Waals surface area contributed by atoms with E-state index in [1.807, 2.05) is 0 Å². The Morgan fingerprint density at radius 2 is 2.06 bits per heavy atom. The SMILES string of the molecule is COC(=O)/C=C(\C)COc1ccccc1C=O. The molecule has 0 bridgehead atoms. The minimum atomic E-state index is -0.422. The average molecular weight is 234 g/mol. The summed E-state index contributed by atoms with van der Waals surface area (Å²) >= 11 is 0. The van der Waals surface area contributed by atoms with Gasteiger partial charge < -0.3 is 9.47 Å². The van der Waals surface area contributed by atoms with E-state index in [2.05, 4.69) is 4.74 Å². The second kappa shape index (κ2) is 6.48. The van der Waals surface area contributed by atoms with Crippen LogP contribution in [-0.4, -0.2) is 26.0 Å². The number of hydrogen-bond donors (Lipinski definition) is 0. The number of hydrogen-bond acceptors (Lipinski definition) is 4. The zero-order valence-electron chi connectivity index (χ0n) is 9.80. The largest absolute Gasteiger partial charge is 0.489 e. The summed E-state index contributed by atoms with van der Waals surface area (Å²) in [5.41, 5.74) is 1.20. The first kappa shape index (κ1) is 13.0. The lowest BCUT2D eigenvalue weighted by molar-refractivity contribution is -0.134. The van der Waals surface area contributed by atoms with Crippen LogP contribution in [0.1, 0.15) is 17.3 Å². The Morgan fingerprint density at radius 3 is 2.71 bits per heavy atom. The van der Waals surface area contributed by atoms with Crippen molar-refractivity contribution in [2.75, 3.05) is 13.7 Å². The summed E-state index contributed by atoms with van der Waals surface area (Å²) < 4.78 is 9.92. The molecule has 0 amide bonds. The van der Waals surface area contributed by atoms with E-state index in [1.165, 1.54) is 13.2 Å². The van der Waals surface area contributed by atoms with Gasteiger partial charge in [-0.1, -0.05) is 12.1 Å². The molecule has 0 unspecified atom stereocenters. The number of benzene rings is 1. The number of carbonyl (C=O) groups is 2. The maximum Gasteiger partial charge on any atom is 0.330 e. The normalized spacial score (nSPS) is 10.8. The molecule has 0 heterocycles. The highest BCUT2D eigenvalue weighted by molar-refractivity contribution is 5.82. The Balaban J connectivity index is 2.64. The molecular formula is C13H14O4. The van der Waals surface area contributed by atoms with Crippen molar-refractivity contribution < 1.29 is 19.1 Å². The van der Waals surface area contributed by atoms with E-state index in [0.29, 0.717) is 11.3 Å². The lowest BCUT2D eigenvalue weighted by Gasteiger charge is -2.07. The summed E-state index contributed by atoms with van der Waals surface area (Å²) in [5, 5.41) is 0. The summed E-state index contributed by atoms with van der Waals surface area (Å²) in [6.45, 7) is 1.99. The van der Waals surface area contributed by atoms with Gasteiger partial charge in [0, 0.05) is 6.08 Å². The molecule has 0 saturated heterocycles. The highest BCUT2D eigenvalue weighted by atomic mass is 16.5. The van der Waals surface area contributed by atoms with E-state index >= 15 is 0 Å². The lowest BCUT2D eigenvalue weighted by atomic mass is 10.2. The fourth-order valence-corrected chi connectivity index (χ4v) is 1.20. The second-order valence-electron chi connectivity index (χ2n) is 3.46. The molecule has 0 aliphatic heterocycles. The van der Waals surface area contributed by atoms with E-state index in [-0.39, 0.29) is 6.61 Å². The third-order valence-electron chi connectivity index (χ3n) is 2.07.